The van der Waals surface area contributed by atoms with Crippen LogP contribution in [0.2, 0.25) is 0 Å². The van der Waals surface area contributed by atoms with Gasteiger partial charge in [-0.1, -0.05) is 6.07 Å². The van der Waals surface area contributed by atoms with Crippen molar-refractivity contribution in [2.75, 3.05) is 40.4 Å². The molecule has 3 rings (SSSR count). The highest BCUT2D eigenvalue weighted by molar-refractivity contribution is 5.38. The van der Waals surface area contributed by atoms with Gasteiger partial charge in [0.2, 0.25) is 0 Å². The lowest BCUT2D eigenvalue weighted by atomic mass is 10.1. The van der Waals surface area contributed by atoms with Crippen LogP contribution in [0.5, 0.6) is 11.5 Å². The van der Waals surface area contributed by atoms with Crippen LogP contribution in [0.25, 0.3) is 0 Å². The molecule has 1 aromatic carbocycles. The Hall–Kier alpha value is -2.11. The predicted octanol–water partition coefficient (Wildman–Crippen LogP) is 2.42. The maximum Gasteiger partial charge on any atom is 0.122 e. The second-order valence-corrected chi connectivity index (χ2v) is 6.09. The Morgan fingerprint density at radius 2 is 1.50 bits per heavy atom. The molecule has 0 amide bonds. The average molecular weight is 327 g/mol. The van der Waals surface area contributed by atoms with Crippen molar-refractivity contribution in [3.63, 3.8) is 0 Å². The van der Waals surface area contributed by atoms with Gasteiger partial charge in [-0.05, 0) is 29.8 Å². The van der Waals surface area contributed by atoms with E-state index in [2.05, 4.69) is 39.0 Å². The van der Waals surface area contributed by atoms with Crippen molar-refractivity contribution in [2.24, 2.45) is 0 Å². The van der Waals surface area contributed by atoms with Gasteiger partial charge in [0.15, 0.2) is 0 Å². The number of ether oxygens (including phenoxy) is 2. The molecule has 0 saturated carbocycles. The summed E-state index contributed by atoms with van der Waals surface area (Å²) in [4.78, 5) is 9.35. The van der Waals surface area contributed by atoms with Crippen molar-refractivity contribution < 1.29 is 9.47 Å². The van der Waals surface area contributed by atoms with E-state index in [-0.39, 0.29) is 0 Å². The fraction of sp³-hybridized carbons (Fsp3) is 0.421. The van der Waals surface area contributed by atoms with Gasteiger partial charge in [0.1, 0.15) is 11.5 Å². The van der Waals surface area contributed by atoms with Crippen LogP contribution in [0.1, 0.15) is 11.3 Å². The zero-order valence-electron chi connectivity index (χ0n) is 14.4. The van der Waals surface area contributed by atoms with E-state index in [9.17, 15) is 0 Å². The van der Waals surface area contributed by atoms with Gasteiger partial charge in [-0.15, -0.1) is 0 Å². The molecule has 1 aliphatic rings. The van der Waals surface area contributed by atoms with Gasteiger partial charge in [0, 0.05) is 51.5 Å². The molecule has 128 valence electrons. The predicted molar refractivity (Wildman–Crippen MR) is 94.3 cm³/mol. The molecule has 0 atom stereocenters. The Kier molecular flexibility index (Phi) is 5.67. The number of piperazine rings is 1. The first-order chi connectivity index (χ1) is 11.8. The van der Waals surface area contributed by atoms with Crippen LogP contribution < -0.4 is 9.47 Å². The molecular formula is C19H25N3O2. The van der Waals surface area contributed by atoms with Gasteiger partial charge in [-0.3, -0.25) is 14.8 Å². The number of benzene rings is 1. The molecule has 2 aromatic rings. The van der Waals surface area contributed by atoms with E-state index in [1.54, 1.807) is 14.2 Å². The number of hydrogen-bond acceptors (Lipinski definition) is 5. The van der Waals surface area contributed by atoms with Crippen molar-refractivity contribution in [1.29, 1.82) is 0 Å². The van der Waals surface area contributed by atoms with Gasteiger partial charge >= 0.3 is 0 Å². The van der Waals surface area contributed by atoms with Crippen LogP contribution in [0, 0.1) is 0 Å². The molecule has 0 unspecified atom stereocenters. The standard InChI is InChI=1S/C19H25N3O2/c1-23-18-11-16(12-19(13-18)24-2)14-21-7-9-22(10-8-21)15-17-5-3-4-6-20-17/h3-6,11-13H,7-10,14-15H2,1-2H3. The minimum Gasteiger partial charge on any atom is -0.497 e. The first-order valence-corrected chi connectivity index (χ1v) is 8.33. The molecule has 5 heteroatoms. The highest BCUT2D eigenvalue weighted by atomic mass is 16.5. The minimum atomic E-state index is 0.845. The zero-order chi connectivity index (χ0) is 16.8. The van der Waals surface area contributed by atoms with E-state index in [4.69, 9.17) is 9.47 Å². The average Bonchev–Trinajstić information content (AvgIpc) is 2.64. The lowest BCUT2D eigenvalue weighted by Gasteiger charge is -2.34. The van der Waals surface area contributed by atoms with Crippen LogP contribution in [0.15, 0.2) is 42.6 Å². The van der Waals surface area contributed by atoms with Gasteiger partial charge in [0.25, 0.3) is 0 Å². The van der Waals surface area contributed by atoms with Crippen molar-refractivity contribution in [3.05, 3.63) is 53.9 Å². The van der Waals surface area contributed by atoms with Crippen LogP contribution in [0.3, 0.4) is 0 Å². The van der Waals surface area contributed by atoms with Crippen LogP contribution in [0.4, 0.5) is 0 Å². The van der Waals surface area contributed by atoms with E-state index >= 15 is 0 Å². The number of pyridine rings is 1. The molecule has 0 N–H and O–H groups in total. The molecular weight excluding hydrogens is 302 g/mol. The van der Waals surface area contributed by atoms with E-state index in [0.717, 1.165) is 56.5 Å². The molecule has 24 heavy (non-hydrogen) atoms. The Labute approximate surface area is 143 Å². The smallest absolute Gasteiger partial charge is 0.122 e. The summed E-state index contributed by atoms with van der Waals surface area (Å²) in [6, 6.07) is 12.2. The fourth-order valence-electron chi connectivity index (χ4n) is 3.04. The third kappa shape index (κ3) is 4.46. The minimum absolute atomic E-state index is 0.845. The zero-order valence-corrected chi connectivity index (χ0v) is 14.4. The molecule has 0 radical (unpaired) electrons. The second-order valence-electron chi connectivity index (χ2n) is 6.09. The van der Waals surface area contributed by atoms with Crippen molar-refractivity contribution in [1.82, 2.24) is 14.8 Å². The van der Waals surface area contributed by atoms with Gasteiger partial charge in [0.05, 0.1) is 19.9 Å². The van der Waals surface area contributed by atoms with E-state index < -0.39 is 0 Å². The Morgan fingerprint density at radius 3 is 2.04 bits per heavy atom. The van der Waals surface area contributed by atoms with Crippen LogP contribution in [-0.2, 0) is 13.1 Å². The molecule has 0 aliphatic carbocycles. The summed E-state index contributed by atoms with van der Waals surface area (Å²) < 4.78 is 10.7. The summed E-state index contributed by atoms with van der Waals surface area (Å²) >= 11 is 0. The number of hydrogen-bond donors (Lipinski definition) is 0. The summed E-state index contributed by atoms with van der Waals surface area (Å²) in [5.74, 6) is 1.69. The van der Waals surface area contributed by atoms with Gasteiger partial charge in [-0.25, -0.2) is 0 Å². The third-order valence-electron chi connectivity index (χ3n) is 4.39. The van der Waals surface area contributed by atoms with Crippen molar-refractivity contribution >= 4 is 0 Å². The summed E-state index contributed by atoms with van der Waals surface area (Å²) in [6.07, 6.45) is 1.86. The molecule has 5 nitrogen and oxygen atoms in total. The first-order valence-electron chi connectivity index (χ1n) is 8.33. The molecule has 2 heterocycles. The maximum atomic E-state index is 5.36. The number of nitrogens with zero attached hydrogens (tertiary/aromatic N) is 3. The summed E-state index contributed by atoms with van der Waals surface area (Å²) in [6.45, 7) is 6.11. The molecule has 0 spiro atoms. The third-order valence-corrected chi connectivity index (χ3v) is 4.39. The monoisotopic (exact) mass is 327 g/mol. The normalized spacial score (nSPS) is 16.1. The Morgan fingerprint density at radius 1 is 0.875 bits per heavy atom. The number of methoxy groups -OCH3 is 2. The lowest BCUT2D eigenvalue weighted by molar-refractivity contribution is 0.121. The van der Waals surface area contributed by atoms with E-state index in [1.807, 2.05) is 18.3 Å². The van der Waals surface area contributed by atoms with Crippen LogP contribution in [-0.4, -0.2) is 55.2 Å². The number of rotatable bonds is 6. The first kappa shape index (κ1) is 16.7. The van der Waals surface area contributed by atoms with Crippen molar-refractivity contribution in [2.45, 2.75) is 13.1 Å². The molecule has 1 aromatic heterocycles. The van der Waals surface area contributed by atoms with Crippen molar-refractivity contribution in [3.8, 4) is 11.5 Å². The quantitative estimate of drug-likeness (QED) is 0.814. The highest BCUT2D eigenvalue weighted by Crippen LogP contribution is 2.23. The SMILES string of the molecule is COc1cc(CN2CCN(Cc3ccccn3)CC2)cc(OC)c1. The molecule has 0 bridgehead atoms. The topological polar surface area (TPSA) is 37.8 Å². The fourth-order valence-corrected chi connectivity index (χ4v) is 3.04. The van der Waals surface area contributed by atoms with E-state index in [0.29, 0.717) is 0 Å². The maximum absolute atomic E-state index is 5.36. The van der Waals surface area contributed by atoms with Gasteiger partial charge in [-0.2, -0.15) is 0 Å². The van der Waals surface area contributed by atoms with Crippen LogP contribution >= 0.6 is 0 Å². The summed E-state index contributed by atoms with van der Waals surface area (Å²) in [5, 5.41) is 0. The number of aromatic nitrogens is 1. The Bertz CT molecular complexity index is 618. The largest absolute Gasteiger partial charge is 0.497 e. The van der Waals surface area contributed by atoms with E-state index in [1.165, 1.54) is 5.56 Å². The summed E-state index contributed by atoms with van der Waals surface area (Å²) in [5.41, 5.74) is 2.37. The second kappa shape index (κ2) is 8.13. The molecule has 1 fully saturated rings. The van der Waals surface area contributed by atoms with Gasteiger partial charge < -0.3 is 9.47 Å². The lowest BCUT2D eigenvalue weighted by Crippen LogP contribution is -2.45. The Balaban J connectivity index is 1.54. The molecule has 1 aliphatic heterocycles. The summed E-state index contributed by atoms with van der Waals surface area (Å²) in [7, 11) is 3.38. The molecule has 1 saturated heterocycles. The highest BCUT2D eigenvalue weighted by Gasteiger charge is 2.18.